The van der Waals surface area contributed by atoms with E-state index in [0.717, 1.165) is 41.9 Å². The van der Waals surface area contributed by atoms with E-state index in [1.165, 1.54) is 0 Å². The molecule has 116 valence electrons. The number of carboxylic acid groups (broad SMARTS) is 1. The van der Waals surface area contributed by atoms with E-state index in [1.807, 2.05) is 49.4 Å². The molecule has 22 heavy (non-hydrogen) atoms. The number of carbonyl (C=O) groups is 1. The number of rotatable bonds is 7. The summed E-state index contributed by atoms with van der Waals surface area (Å²) in [7, 11) is 0. The molecule has 2 N–H and O–H groups in total. The number of hydrogen-bond donors (Lipinski definition) is 2. The molecule has 0 bridgehead atoms. The van der Waals surface area contributed by atoms with Crippen molar-refractivity contribution in [2.45, 2.75) is 26.2 Å². The fraction of sp³-hybridized carbons (Fsp3) is 0.278. The van der Waals surface area contributed by atoms with Gasteiger partial charge in [-0.2, -0.15) is 0 Å². The van der Waals surface area contributed by atoms with E-state index in [1.54, 1.807) is 0 Å². The summed E-state index contributed by atoms with van der Waals surface area (Å²) < 4.78 is 6.03. The molecular weight excluding hydrogens is 278 g/mol. The SMILES string of the molecule is Cc1ccccc1Oc1ccccc1CCCCNC(=O)O. The Balaban J connectivity index is 1.95. The number of aryl methyl sites for hydroxylation is 2. The van der Waals surface area contributed by atoms with Crippen molar-refractivity contribution in [1.29, 1.82) is 0 Å². The molecule has 2 aromatic carbocycles. The average Bonchev–Trinajstić information content (AvgIpc) is 2.50. The van der Waals surface area contributed by atoms with E-state index in [4.69, 9.17) is 9.84 Å². The van der Waals surface area contributed by atoms with Crippen molar-refractivity contribution >= 4 is 6.09 Å². The van der Waals surface area contributed by atoms with Crippen molar-refractivity contribution in [3.05, 3.63) is 59.7 Å². The lowest BCUT2D eigenvalue weighted by Gasteiger charge is -2.12. The fourth-order valence-corrected chi connectivity index (χ4v) is 2.24. The standard InChI is InChI=1S/C18H21NO3/c1-14-8-2-4-11-16(14)22-17-12-5-3-9-15(17)10-6-7-13-19-18(20)21/h2-5,8-9,11-12,19H,6-7,10,13H2,1H3,(H,20,21). The summed E-state index contributed by atoms with van der Waals surface area (Å²) >= 11 is 0. The molecule has 0 aliphatic carbocycles. The molecule has 1 amide bonds. The smallest absolute Gasteiger partial charge is 0.404 e. The van der Waals surface area contributed by atoms with Crippen LogP contribution in [0, 0.1) is 6.92 Å². The molecule has 0 aliphatic heterocycles. The molecule has 0 atom stereocenters. The molecule has 0 radical (unpaired) electrons. The van der Waals surface area contributed by atoms with Gasteiger partial charge in [-0.25, -0.2) is 4.79 Å². The van der Waals surface area contributed by atoms with E-state index < -0.39 is 6.09 Å². The Morgan fingerprint density at radius 2 is 1.73 bits per heavy atom. The molecular formula is C18H21NO3. The number of hydrogen-bond acceptors (Lipinski definition) is 2. The van der Waals surface area contributed by atoms with E-state index in [0.29, 0.717) is 6.54 Å². The number of para-hydroxylation sites is 2. The van der Waals surface area contributed by atoms with E-state index in [-0.39, 0.29) is 0 Å². The highest BCUT2D eigenvalue weighted by Crippen LogP contribution is 2.28. The van der Waals surface area contributed by atoms with Crippen LogP contribution in [0.5, 0.6) is 11.5 Å². The highest BCUT2D eigenvalue weighted by atomic mass is 16.5. The van der Waals surface area contributed by atoms with Crippen molar-refractivity contribution in [1.82, 2.24) is 5.32 Å². The van der Waals surface area contributed by atoms with Gasteiger partial charge >= 0.3 is 6.09 Å². The van der Waals surface area contributed by atoms with Crippen molar-refractivity contribution in [3.63, 3.8) is 0 Å². The zero-order valence-corrected chi connectivity index (χ0v) is 12.7. The predicted octanol–water partition coefficient (Wildman–Crippen LogP) is 4.38. The summed E-state index contributed by atoms with van der Waals surface area (Å²) in [6.07, 6.45) is 1.62. The van der Waals surface area contributed by atoms with Crippen molar-refractivity contribution < 1.29 is 14.6 Å². The zero-order valence-electron chi connectivity index (χ0n) is 12.7. The van der Waals surface area contributed by atoms with Gasteiger partial charge in [-0.05, 0) is 49.4 Å². The average molecular weight is 299 g/mol. The Bertz CT molecular complexity index is 625. The molecule has 0 aromatic heterocycles. The lowest BCUT2D eigenvalue weighted by Crippen LogP contribution is -2.21. The van der Waals surface area contributed by atoms with Crippen LogP contribution < -0.4 is 10.1 Å². The minimum atomic E-state index is -0.969. The fourth-order valence-electron chi connectivity index (χ4n) is 2.24. The van der Waals surface area contributed by atoms with Crippen molar-refractivity contribution in [2.75, 3.05) is 6.54 Å². The predicted molar refractivity (Wildman–Crippen MR) is 86.7 cm³/mol. The monoisotopic (exact) mass is 299 g/mol. The first-order chi connectivity index (χ1) is 10.7. The Kier molecular flexibility index (Phi) is 5.83. The van der Waals surface area contributed by atoms with Crippen LogP contribution in [0.15, 0.2) is 48.5 Å². The van der Waals surface area contributed by atoms with Crippen molar-refractivity contribution in [3.8, 4) is 11.5 Å². The van der Waals surface area contributed by atoms with Crippen LogP contribution in [0.1, 0.15) is 24.0 Å². The molecule has 2 rings (SSSR count). The molecule has 0 spiro atoms. The molecule has 0 saturated heterocycles. The number of benzene rings is 2. The molecule has 4 heteroatoms. The van der Waals surface area contributed by atoms with E-state index >= 15 is 0 Å². The first kappa shape index (κ1) is 15.9. The maximum absolute atomic E-state index is 10.4. The highest BCUT2D eigenvalue weighted by Gasteiger charge is 2.06. The second kappa shape index (κ2) is 8.08. The summed E-state index contributed by atoms with van der Waals surface area (Å²) in [6.45, 7) is 2.51. The van der Waals surface area contributed by atoms with Gasteiger partial charge in [0.05, 0.1) is 0 Å². The summed E-state index contributed by atoms with van der Waals surface area (Å²) in [6, 6.07) is 15.9. The zero-order chi connectivity index (χ0) is 15.8. The van der Waals surface area contributed by atoms with Gasteiger partial charge in [0.25, 0.3) is 0 Å². The molecule has 4 nitrogen and oxygen atoms in total. The number of amides is 1. The van der Waals surface area contributed by atoms with Gasteiger partial charge in [0, 0.05) is 6.54 Å². The van der Waals surface area contributed by atoms with Crippen LogP contribution in [-0.2, 0) is 6.42 Å². The maximum Gasteiger partial charge on any atom is 0.404 e. The first-order valence-corrected chi connectivity index (χ1v) is 7.45. The van der Waals surface area contributed by atoms with E-state index in [2.05, 4.69) is 11.4 Å². The lowest BCUT2D eigenvalue weighted by molar-refractivity contribution is 0.194. The summed E-state index contributed by atoms with van der Waals surface area (Å²) in [5.41, 5.74) is 2.24. The minimum Gasteiger partial charge on any atom is -0.465 e. The third-order valence-electron chi connectivity index (χ3n) is 3.44. The number of nitrogens with one attached hydrogen (secondary N) is 1. The van der Waals surface area contributed by atoms with Gasteiger partial charge in [0.2, 0.25) is 0 Å². The normalized spacial score (nSPS) is 10.2. The molecule has 0 heterocycles. The summed E-state index contributed by atoms with van der Waals surface area (Å²) in [5.74, 6) is 1.73. The summed E-state index contributed by atoms with van der Waals surface area (Å²) in [4.78, 5) is 10.4. The van der Waals surface area contributed by atoms with Gasteiger partial charge in [-0.1, -0.05) is 36.4 Å². The van der Waals surface area contributed by atoms with Crippen LogP contribution in [0.3, 0.4) is 0 Å². The second-order valence-corrected chi connectivity index (χ2v) is 5.16. The third-order valence-corrected chi connectivity index (χ3v) is 3.44. The maximum atomic E-state index is 10.4. The van der Waals surface area contributed by atoms with Gasteiger partial charge in [0.15, 0.2) is 0 Å². The van der Waals surface area contributed by atoms with Gasteiger partial charge in [-0.3, -0.25) is 0 Å². The van der Waals surface area contributed by atoms with Crippen molar-refractivity contribution in [2.24, 2.45) is 0 Å². The topological polar surface area (TPSA) is 58.6 Å². The number of ether oxygens (including phenoxy) is 1. The van der Waals surface area contributed by atoms with Crippen LogP contribution in [0.2, 0.25) is 0 Å². The Morgan fingerprint density at radius 1 is 1.05 bits per heavy atom. The molecule has 0 fully saturated rings. The Hall–Kier alpha value is -2.49. The van der Waals surface area contributed by atoms with Crippen LogP contribution in [0.4, 0.5) is 4.79 Å². The highest BCUT2D eigenvalue weighted by molar-refractivity contribution is 5.64. The summed E-state index contributed by atoms with van der Waals surface area (Å²) in [5, 5.41) is 10.9. The Labute approximate surface area is 130 Å². The van der Waals surface area contributed by atoms with Crippen LogP contribution >= 0.6 is 0 Å². The minimum absolute atomic E-state index is 0.482. The van der Waals surface area contributed by atoms with E-state index in [9.17, 15) is 4.79 Å². The largest absolute Gasteiger partial charge is 0.465 e. The van der Waals surface area contributed by atoms with Crippen LogP contribution in [-0.4, -0.2) is 17.7 Å². The second-order valence-electron chi connectivity index (χ2n) is 5.16. The number of unbranched alkanes of at least 4 members (excludes halogenated alkanes) is 1. The quantitative estimate of drug-likeness (QED) is 0.746. The third kappa shape index (κ3) is 4.81. The molecule has 0 unspecified atom stereocenters. The first-order valence-electron chi connectivity index (χ1n) is 7.45. The molecule has 0 aliphatic rings. The van der Waals surface area contributed by atoms with Crippen LogP contribution in [0.25, 0.3) is 0 Å². The molecule has 2 aromatic rings. The Morgan fingerprint density at radius 3 is 2.45 bits per heavy atom. The van der Waals surface area contributed by atoms with Gasteiger partial charge in [-0.15, -0.1) is 0 Å². The lowest BCUT2D eigenvalue weighted by atomic mass is 10.1. The van der Waals surface area contributed by atoms with Gasteiger partial charge < -0.3 is 15.2 Å². The molecule has 0 saturated carbocycles. The van der Waals surface area contributed by atoms with Gasteiger partial charge in [0.1, 0.15) is 11.5 Å².